The van der Waals surface area contributed by atoms with Gasteiger partial charge in [0.15, 0.2) is 0 Å². The average molecular weight is 204 g/mol. The Hall–Kier alpha value is -0.260. The van der Waals surface area contributed by atoms with Crippen molar-refractivity contribution in [3.8, 4) is 0 Å². The summed E-state index contributed by atoms with van der Waals surface area (Å²) >= 11 is 0. The average Bonchev–Trinajstić information content (AvgIpc) is 2.81. The van der Waals surface area contributed by atoms with Gasteiger partial charge in [0.2, 0.25) is 0 Å². The molecule has 5 atom stereocenters. The third-order valence-electron chi connectivity index (χ3n) is 5.45. The van der Waals surface area contributed by atoms with Crippen LogP contribution in [0.2, 0.25) is 0 Å². The molecule has 0 aromatic rings. The van der Waals surface area contributed by atoms with Gasteiger partial charge in [0.1, 0.15) is 0 Å². The maximum absolute atomic E-state index is 4.25. The molecule has 0 heteroatoms. The van der Waals surface area contributed by atoms with Crippen LogP contribution < -0.4 is 0 Å². The third kappa shape index (κ3) is 1.57. The smallest absolute Gasteiger partial charge is 0.0174 e. The van der Waals surface area contributed by atoms with Crippen molar-refractivity contribution < 1.29 is 0 Å². The molecule has 0 aromatic heterocycles. The van der Waals surface area contributed by atoms with Crippen LogP contribution in [0, 0.1) is 35.5 Å². The Labute approximate surface area is 94.1 Å². The van der Waals surface area contributed by atoms with Crippen LogP contribution >= 0.6 is 0 Å². The molecule has 0 spiro atoms. The largest absolute Gasteiger partial charge is 0.0996 e. The van der Waals surface area contributed by atoms with Gasteiger partial charge < -0.3 is 0 Å². The molecule has 84 valence electrons. The van der Waals surface area contributed by atoms with Crippen LogP contribution in [0.1, 0.15) is 46.0 Å². The molecule has 3 aliphatic carbocycles. The van der Waals surface area contributed by atoms with Gasteiger partial charge in [-0.2, -0.15) is 0 Å². The summed E-state index contributed by atoms with van der Waals surface area (Å²) in [4.78, 5) is 0. The zero-order valence-electron chi connectivity index (χ0n) is 10.2. The highest BCUT2D eigenvalue weighted by atomic mass is 14.5. The Balaban J connectivity index is 1.68. The highest BCUT2D eigenvalue weighted by Crippen LogP contribution is 2.57. The van der Waals surface area contributed by atoms with Gasteiger partial charge in [-0.15, -0.1) is 0 Å². The number of rotatable bonds is 3. The summed E-state index contributed by atoms with van der Waals surface area (Å²) in [6.45, 7) is 9.26. The first-order valence-corrected chi connectivity index (χ1v) is 6.84. The Morgan fingerprint density at radius 1 is 1.40 bits per heavy atom. The molecule has 15 heavy (non-hydrogen) atoms. The number of fused-ring (bicyclic) bond motifs is 2. The molecule has 3 rings (SSSR count). The molecule has 0 saturated heterocycles. The van der Waals surface area contributed by atoms with Crippen LogP contribution in [0.3, 0.4) is 0 Å². The fourth-order valence-electron chi connectivity index (χ4n) is 4.66. The minimum Gasteiger partial charge on any atom is -0.0996 e. The normalized spacial score (nSPS) is 46.1. The summed E-state index contributed by atoms with van der Waals surface area (Å²) in [7, 11) is 0. The third-order valence-corrected chi connectivity index (χ3v) is 5.45. The summed E-state index contributed by atoms with van der Waals surface area (Å²) in [6.07, 6.45) is 7.39. The van der Waals surface area contributed by atoms with E-state index in [9.17, 15) is 0 Å². The van der Waals surface area contributed by atoms with Crippen LogP contribution in [0.25, 0.3) is 0 Å². The maximum atomic E-state index is 4.25. The lowest BCUT2D eigenvalue weighted by Crippen LogP contribution is -2.27. The monoisotopic (exact) mass is 204 g/mol. The van der Waals surface area contributed by atoms with Crippen molar-refractivity contribution in [1.29, 1.82) is 0 Å². The Morgan fingerprint density at radius 3 is 2.67 bits per heavy atom. The molecule has 0 radical (unpaired) electrons. The minimum atomic E-state index is 0.890. The lowest BCUT2D eigenvalue weighted by molar-refractivity contribution is 0.183. The van der Waals surface area contributed by atoms with E-state index in [1.54, 1.807) is 5.57 Å². The molecule has 0 amide bonds. The second-order valence-corrected chi connectivity index (χ2v) is 6.56. The van der Waals surface area contributed by atoms with Crippen LogP contribution in [0.5, 0.6) is 0 Å². The van der Waals surface area contributed by atoms with Crippen molar-refractivity contribution in [3.05, 3.63) is 12.2 Å². The van der Waals surface area contributed by atoms with E-state index in [1.165, 1.54) is 32.1 Å². The quantitative estimate of drug-likeness (QED) is 0.602. The molecule has 3 fully saturated rings. The molecule has 5 unspecified atom stereocenters. The summed E-state index contributed by atoms with van der Waals surface area (Å²) < 4.78 is 0. The van der Waals surface area contributed by atoms with E-state index in [0.717, 1.165) is 35.5 Å². The highest BCUT2D eigenvalue weighted by Gasteiger charge is 2.49. The summed E-state index contributed by atoms with van der Waals surface area (Å²) in [6, 6.07) is 0. The van der Waals surface area contributed by atoms with Gasteiger partial charge in [0.25, 0.3) is 0 Å². The first-order chi connectivity index (χ1) is 7.16. The topological polar surface area (TPSA) is 0 Å². The molecule has 0 nitrogen and oxygen atoms in total. The Bertz CT molecular complexity index is 272. The molecule has 0 aromatic carbocycles. The zero-order chi connectivity index (χ0) is 10.6. The maximum Gasteiger partial charge on any atom is -0.0174 e. The molecule has 3 saturated carbocycles. The van der Waals surface area contributed by atoms with E-state index in [4.69, 9.17) is 0 Å². The van der Waals surface area contributed by atoms with Gasteiger partial charge in [-0.3, -0.25) is 0 Å². The van der Waals surface area contributed by atoms with Crippen molar-refractivity contribution >= 4 is 0 Å². The molecule has 0 N–H and O–H groups in total. The van der Waals surface area contributed by atoms with Crippen LogP contribution in [0.15, 0.2) is 12.2 Å². The standard InChI is InChI=1S/C15H24/c1-9-7-13-8-14(9)11(3)15(13)10(2)6-12-4-5-12/h10-15H,1,4-8H2,2-3H3. The molecular weight excluding hydrogens is 180 g/mol. The predicted octanol–water partition coefficient (Wildman–Crippen LogP) is 4.27. The van der Waals surface area contributed by atoms with Gasteiger partial charge in [-0.05, 0) is 54.8 Å². The predicted molar refractivity (Wildman–Crippen MR) is 64.5 cm³/mol. The number of hydrogen-bond acceptors (Lipinski definition) is 0. The highest BCUT2D eigenvalue weighted by molar-refractivity contribution is 5.17. The summed E-state index contributed by atoms with van der Waals surface area (Å²) in [5, 5.41) is 0. The van der Waals surface area contributed by atoms with Gasteiger partial charge in [0, 0.05) is 0 Å². The summed E-state index contributed by atoms with van der Waals surface area (Å²) in [5.41, 5.74) is 1.57. The second-order valence-electron chi connectivity index (χ2n) is 6.56. The van der Waals surface area contributed by atoms with Gasteiger partial charge in [-0.25, -0.2) is 0 Å². The van der Waals surface area contributed by atoms with Crippen molar-refractivity contribution in [3.63, 3.8) is 0 Å². The first kappa shape index (κ1) is 9.93. The Kier molecular flexibility index (Phi) is 2.23. The van der Waals surface area contributed by atoms with E-state index in [-0.39, 0.29) is 0 Å². The molecule has 3 aliphatic rings. The van der Waals surface area contributed by atoms with Crippen molar-refractivity contribution in [2.24, 2.45) is 35.5 Å². The lowest BCUT2D eigenvalue weighted by Gasteiger charge is -2.34. The minimum absolute atomic E-state index is 0.890. The van der Waals surface area contributed by atoms with Crippen LogP contribution in [0.4, 0.5) is 0 Å². The number of allylic oxidation sites excluding steroid dienone is 1. The second kappa shape index (κ2) is 3.37. The van der Waals surface area contributed by atoms with E-state index in [0.29, 0.717) is 0 Å². The molecule has 0 aliphatic heterocycles. The fourth-order valence-corrected chi connectivity index (χ4v) is 4.66. The first-order valence-electron chi connectivity index (χ1n) is 6.84. The van der Waals surface area contributed by atoms with Crippen LogP contribution in [-0.4, -0.2) is 0 Å². The van der Waals surface area contributed by atoms with E-state index < -0.39 is 0 Å². The van der Waals surface area contributed by atoms with Gasteiger partial charge in [-0.1, -0.05) is 38.8 Å². The van der Waals surface area contributed by atoms with Gasteiger partial charge in [0.05, 0.1) is 0 Å². The SMILES string of the molecule is C=C1CC2CC1C(C)C2C(C)CC1CC1. The molecule has 2 bridgehead atoms. The van der Waals surface area contributed by atoms with Crippen molar-refractivity contribution in [1.82, 2.24) is 0 Å². The molecular formula is C15H24. The van der Waals surface area contributed by atoms with Crippen LogP contribution in [-0.2, 0) is 0 Å². The van der Waals surface area contributed by atoms with E-state index in [2.05, 4.69) is 20.4 Å². The molecule has 0 heterocycles. The zero-order valence-corrected chi connectivity index (χ0v) is 10.2. The lowest BCUT2D eigenvalue weighted by atomic mass is 9.71. The van der Waals surface area contributed by atoms with Crippen molar-refractivity contribution in [2.45, 2.75) is 46.0 Å². The van der Waals surface area contributed by atoms with Gasteiger partial charge >= 0.3 is 0 Å². The van der Waals surface area contributed by atoms with Crippen molar-refractivity contribution in [2.75, 3.05) is 0 Å². The summed E-state index contributed by atoms with van der Waals surface area (Å²) in [5.74, 6) is 5.95. The number of hydrogen-bond donors (Lipinski definition) is 0. The van der Waals surface area contributed by atoms with E-state index >= 15 is 0 Å². The Morgan fingerprint density at radius 2 is 2.13 bits per heavy atom. The van der Waals surface area contributed by atoms with E-state index in [1.807, 2.05) is 0 Å². The fraction of sp³-hybridized carbons (Fsp3) is 0.867.